The topological polar surface area (TPSA) is 65.2 Å². The van der Waals surface area contributed by atoms with E-state index in [0.717, 1.165) is 85.0 Å². The van der Waals surface area contributed by atoms with Crippen LogP contribution in [0.5, 0.6) is 11.5 Å². The molecule has 0 aromatic heterocycles. The van der Waals surface area contributed by atoms with Gasteiger partial charge in [0.2, 0.25) is 0 Å². The van der Waals surface area contributed by atoms with Crippen molar-refractivity contribution in [1.29, 1.82) is 0 Å². The summed E-state index contributed by atoms with van der Waals surface area (Å²) in [7, 11) is 0. The summed E-state index contributed by atoms with van der Waals surface area (Å²) in [5.74, 6) is 0.613. The van der Waals surface area contributed by atoms with Crippen LogP contribution in [0.2, 0.25) is 0 Å². The molecule has 36 heavy (non-hydrogen) atoms. The van der Waals surface area contributed by atoms with Gasteiger partial charge in [-0.05, 0) is 91.1 Å². The summed E-state index contributed by atoms with van der Waals surface area (Å²) < 4.78 is 0. The van der Waals surface area contributed by atoms with Crippen LogP contribution >= 0.6 is 0 Å². The standard InChI is InChI=1S/C32H40N2O2/c1-5-9-12-23-16-25(7-3)31(35)27(18-23)21-33-29-14-11-15-30(20-29)34-22-28-19-24(13-10-6-2)17-26(8-4)32(28)36/h11,14-22,35-36H,5-10,12-13H2,1-4H3. The van der Waals surface area contributed by atoms with Crippen molar-refractivity contribution >= 4 is 23.8 Å². The summed E-state index contributed by atoms with van der Waals surface area (Å²) in [6, 6.07) is 16.0. The van der Waals surface area contributed by atoms with Crippen molar-refractivity contribution < 1.29 is 10.2 Å². The summed E-state index contributed by atoms with van der Waals surface area (Å²) >= 11 is 0. The molecule has 0 aliphatic carbocycles. The van der Waals surface area contributed by atoms with Gasteiger partial charge in [0.1, 0.15) is 11.5 Å². The number of unbranched alkanes of at least 4 members (excludes halogenated alkanes) is 2. The number of phenolic OH excluding ortho intramolecular Hbond substituents is 2. The fourth-order valence-electron chi connectivity index (χ4n) is 4.30. The van der Waals surface area contributed by atoms with E-state index in [1.165, 1.54) is 11.1 Å². The molecule has 0 unspecified atom stereocenters. The van der Waals surface area contributed by atoms with E-state index in [4.69, 9.17) is 0 Å². The van der Waals surface area contributed by atoms with E-state index in [2.05, 4.69) is 49.8 Å². The molecule has 4 heteroatoms. The predicted molar refractivity (Wildman–Crippen MR) is 153 cm³/mol. The number of hydrogen-bond acceptors (Lipinski definition) is 4. The summed E-state index contributed by atoms with van der Waals surface area (Å²) in [5.41, 5.74) is 7.39. The van der Waals surface area contributed by atoms with Crippen molar-refractivity contribution in [1.82, 2.24) is 0 Å². The van der Waals surface area contributed by atoms with Gasteiger partial charge in [0.15, 0.2) is 0 Å². The maximum atomic E-state index is 10.7. The summed E-state index contributed by atoms with van der Waals surface area (Å²) in [6.45, 7) is 8.49. The Kier molecular flexibility index (Phi) is 10.3. The SMILES string of the molecule is CCCCc1cc(C=Nc2cccc(N=Cc3cc(CCCC)cc(CC)c3O)c2)c(O)c(CC)c1. The normalized spacial score (nSPS) is 11.7. The molecule has 4 nitrogen and oxygen atoms in total. The molecule has 0 fully saturated rings. The van der Waals surface area contributed by atoms with Crippen LogP contribution in [0.25, 0.3) is 0 Å². The van der Waals surface area contributed by atoms with E-state index in [-0.39, 0.29) is 0 Å². The zero-order chi connectivity index (χ0) is 25.9. The van der Waals surface area contributed by atoms with E-state index >= 15 is 0 Å². The molecule has 3 aromatic carbocycles. The lowest BCUT2D eigenvalue weighted by atomic mass is 9.99. The van der Waals surface area contributed by atoms with Crippen molar-refractivity contribution in [2.75, 3.05) is 0 Å². The van der Waals surface area contributed by atoms with Crippen molar-refractivity contribution in [2.24, 2.45) is 9.98 Å². The number of hydrogen-bond donors (Lipinski definition) is 2. The Morgan fingerprint density at radius 1 is 0.639 bits per heavy atom. The Hall–Kier alpha value is -3.40. The highest BCUT2D eigenvalue weighted by Gasteiger charge is 2.09. The van der Waals surface area contributed by atoms with Gasteiger partial charge < -0.3 is 10.2 Å². The predicted octanol–water partition coefficient (Wildman–Crippen LogP) is 8.41. The number of benzene rings is 3. The van der Waals surface area contributed by atoms with Crippen LogP contribution in [0.1, 0.15) is 86.8 Å². The van der Waals surface area contributed by atoms with Crippen molar-refractivity contribution in [3.8, 4) is 11.5 Å². The fraction of sp³-hybridized carbons (Fsp3) is 0.375. The van der Waals surface area contributed by atoms with Gasteiger partial charge in [0, 0.05) is 23.6 Å². The lowest BCUT2D eigenvalue weighted by Crippen LogP contribution is -1.94. The van der Waals surface area contributed by atoms with E-state index in [1.807, 2.05) is 36.4 Å². The van der Waals surface area contributed by atoms with Gasteiger partial charge in [0.05, 0.1) is 11.4 Å². The van der Waals surface area contributed by atoms with Gasteiger partial charge >= 0.3 is 0 Å². The quantitative estimate of drug-likeness (QED) is 0.253. The van der Waals surface area contributed by atoms with Gasteiger partial charge in [0.25, 0.3) is 0 Å². The van der Waals surface area contributed by atoms with Crippen LogP contribution in [-0.2, 0) is 25.7 Å². The zero-order valence-corrected chi connectivity index (χ0v) is 22.2. The molecule has 0 amide bonds. The van der Waals surface area contributed by atoms with Gasteiger partial charge in [-0.25, -0.2) is 0 Å². The van der Waals surface area contributed by atoms with Gasteiger partial charge in [-0.2, -0.15) is 0 Å². The maximum absolute atomic E-state index is 10.7. The molecular formula is C32H40N2O2. The molecule has 2 N–H and O–H groups in total. The number of phenols is 2. The van der Waals surface area contributed by atoms with E-state index in [9.17, 15) is 10.2 Å². The number of aliphatic imine (C=N–C) groups is 2. The summed E-state index contributed by atoms with van der Waals surface area (Å²) in [6.07, 6.45) is 11.6. The maximum Gasteiger partial charge on any atom is 0.127 e. The molecule has 0 saturated carbocycles. The molecule has 3 aromatic rings. The fourth-order valence-corrected chi connectivity index (χ4v) is 4.30. The van der Waals surface area contributed by atoms with Crippen molar-refractivity contribution in [2.45, 2.75) is 79.1 Å². The van der Waals surface area contributed by atoms with E-state index < -0.39 is 0 Å². The molecule has 0 atom stereocenters. The van der Waals surface area contributed by atoms with Crippen LogP contribution < -0.4 is 0 Å². The number of aryl methyl sites for hydroxylation is 4. The second-order valence-corrected chi connectivity index (χ2v) is 9.34. The Labute approximate surface area is 216 Å². The van der Waals surface area contributed by atoms with E-state index in [0.29, 0.717) is 11.5 Å². The molecule has 0 heterocycles. The number of rotatable bonds is 12. The van der Waals surface area contributed by atoms with Crippen LogP contribution in [0.4, 0.5) is 11.4 Å². The first-order chi connectivity index (χ1) is 17.5. The number of nitrogens with zero attached hydrogens (tertiary/aromatic N) is 2. The van der Waals surface area contributed by atoms with Crippen LogP contribution in [0.3, 0.4) is 0 Å². The van der Waals surface area contributed by atoms with Crippen LogP contribution in [0.15, 0.2) is 58.5 Å². The first kappa shape index (κ1) is 27.2. The molecule has 0 aliphatic rings. The molecular weight excluding hydrogens is 444 g/mol. The third-order valence-corrected chi connectivity index (χ3v) is 6.49. The molecule has 0 aliphatic heterocycles. The third-order valence-electron chi connectivity index (χ3n) is 6.49. The van der Waals surface area contributed by atoms with Crippen molar-refractivity contribution in [3.63, 3.8) is 0 Å². The summed E-state index contributed by atoms with van der Waals surface area (Å²) in [5, 5.41) is 21.4. The first-order valence-electron chi connectivity index (χ1n) is 13.4. The Bertz CT molecular complexity index is 1120. The monoisotopic (exact) mass is 484 g/mol. The van der Waals surface area contributed by atoms with Gasteiger partial charge in [-0.1, -0.05) is 58.7 Å². The largest absolute Gasteiger partial charge is 0.507 e. The second-order valence-electron chi connectivity index (χ2n) is 9.34. The van der Waals surface area contributed by atoms with Gasteiger partial charge in [-0.3, -0.25) is 9.98 Å². The molecule has 3 rings (SSSR count). The highest BCUT2D eigenvalue weighted by molar-refractivity contribution is 5.88. The average Bonchev–Trinajstić information content (AvgIpc) is 2.90. The zero-order valence-electron chi connectivity index (χ0n) is 22.2. The Morgan fingerprint density at radius 2 is 1.08 bits per heavy atom. The molecule has 0 saturated heterocycles. The minimum atomic E-state index is 0.306. The summed E-state index contributed by atoms with van der Waals surface area (Å²) in [4.78, 5) is 9.27. The lowest BCUT2D eigenvalue weighted by molar-refractivity contribution is 0.467. The average molecular weight is 485 g/mol. The smallest absolute Gasteiger partial charge is 0.127 e. The van der Waals surface area contributed by atoms with Gasteiger partial charge in [-0.15, -0.1) is 0 Å². The lowest BCUT2D eigenvalue weighted by Gasteiger charge is -2.10. The van der Waals surface area contributed by atoms with Crippen LogP contribution in [0, 0.1) is 0 Å². The highest BCUT2D eigenvalue weighted by atomic mass is 16.3. The molecule has 0 bridgehead atoms. The highest BCUT2D eigenvalue weighted by Crippen LogP contribution is 2.28. The van der Waals surface area contributed by atoms with Crippen molar-refractivity contribution in [3.05, 3.63) is 81.9 Å². The van der Waals surface area contributed by atoms with Crippen LogP contribution in [-0.4, -0.2) is 22.6 Å². The first-order valence-corrected chi connectivity index (χ1v) is 13.4. The minimum absolute atomic E-state index is 0.306. The molecule has 190 valence electrons. The number of aromatic hydroxyl groups is 2. The molecule has 0 spiro atoms. The Morgan fingerprint density at radius 3 is 1.47 bits per heavy atom. The minimum Gasteiger partial charge on any atom is -0.507 e. The molecule has 0 radical (unpaired) electrons. The third kappa shape index (κ3) is 7.30. The second kappa shape index (κ2) is 13.6. The van der Waals surface area contributed by atoms with E-state index in [1.54, 1.807) is 12.4 Å². The Balaban J connectivity index is 1.85.